The Hall–Kier alpha value is -4.02. The number of aromatic nitrogens is 1. The van der Waals surface area contributed by atoms with Crippen LogP contribution >= 0.6 is 0 Å². The minimum Gasteiger partial charge on any atom is -0.466 e. The van der Waals surface area contributed by atoms with Gasteiger partial charge in [0, 0.05) is 63.2 Å². The Morgan fingerprint density at radius 3 is 2.52 bits per heavy atom. The molecule has 1 N–H and O–H groups in total. The summed E-state index contributed by atoms with van der Waals surface area (Å²) in [6.07, 6.45) is -0.653. The van der Waals surface area contributed by atoms with E-state index in [4.69, 9.17) is 4.74 Å². The molecule has 1 fully saturated rings. The second-order valence-corrected chi connectivity index (χ2v) is 10.8. The van der Waals surface area contributed by atoms with Crippen molar-refractivity contribution in [1.82, 2.24) is 14.8 Å². The highest BCUT2D eigenvalue weighted by atomic mass is 19.4. The minimum atomic E-state index is -4.55. The van der Waals surface area contributed by atoms with E-state index < -0.39 is 11.7 Å². The van der Waals surface area contributed by atoms with E-state index in [1.165, 1.54) is 19.2 Å². The zero-order valence-corrected chi connectivity index (χ0v) is 23.6. The van der Waals surface area contributed by atoms with Gasteiger partial charge in [0.1, 0.15) is 0 Å². The fraction of sp³-hybridized carbons (Fsp3) is 0.344. The van der Waals surface area contributed by atoms with Crippen LogP contribution < -0.4 is 5.32 Å². The van der Waals surface area contributed by atoms with Crippen LogP contribution in [0.2, 0.25) is 0 Å². The number of rotatable bonds is 9. The van der Waals surface area contributed by atoms with Crippen molar-refractivity contribution in [3.8, 4) is 0 Å². The van der Waals surface area contributed by atoms with Crippen LogP contribution in [0.3, 0.4) is 0 Å². The second-order valence-electron chi connectivity index (χ2n) is 10.8. The van der Waals surface area contributed by atoms with Gasteiger partial charge in [0.2, 0.25) is 0 Å². The number of carbonyl (C=O) groups is 2. The number of nitrogens with zero attached hydrogens (tertiary/aromatic N) is 3. The number of piperazine rings is 1. The van der Waals surface area contributed by atoms with Crippen molar-refractivity contribution < 1.29 is 27.5 Å². The molecule has 10 heteroatoms. The van der Waals surface area contributed by atoms with Gasteiger partial charge < -0.3 is 15.0 Å². The maximum atomic E-state index is 14.0. The van der Waals surface area contributed by atoms with Gasteiger partial charge in [0.15, 0.2) is 5.78 Å². The van der Waals surface area contributed by atoms with Gasteiger partial charge in [-0.2, -0.15) is 13.2 Å². The van der Waals surface area contributed by atoms with Crippen LogP contribution in [0, 0.1) is 0 Å². The Bertz CT molecular complexity index is 1510. The fourth-order valence-corrected chi connectivity index (χ4v) is 5.30. The summed E-state index contributed by atoms with van der Waals surface area (Å²) in [5.74, 6) is -0.738. The number of anilines is 1. The number of ether oxygens (including phenoxy) is 1. The molecule has 1 aliphatic heterocycles. The molecule has 0 atom stereocenters. The third-order valence-corrected chi connectivity index (χ3v) is 7.72. The summed E-state index contributed by atoms with van der Waals surface area (Å²) >= 11 is 0. The van der Waals surface area contributed by atoms with Crippen molar-refractivity contribution in [2.24, 2.45) is 0 Å². The van der Waals surface area contributed by atoms with Crippen LogP contribution in [0.4, 0.5) is 18.9 Å². The highest BCUT2D eigenvalue weighted by molar-refractivity contribution is 5.98. The molecule has 2 heterocycles. The molecule has 0 spiro atoms. The molecule has 5 rings (SSSR count). The molecule has 0 amide bonds. The predicted octanol–water partition coefficient (Wildman–Crippen LogP) is 5.00. The number of ketones is 1. The average Bonchev–Trinajstić information content (AvgIpc) is 3.40. The first-order valence-electron chi connectivity index (χ1n) is 13.8. The highest BCUT2D eigenvalue weighted by Crippen LogP contribution is 2.34. The molecule has 2 aliphatic rings. The first-order valence-corrected chi connectivity index (χ1v) is 13.8. The summed E-state index contributed by atoms with van der Waals surface area (Å²) in [7, 11) is 3.35. The lowest BCUT2D eigenvalue weighted by molar-refractivity contribution is -0.138. The Kier molecular flexibility index (Phi) is 8.74. The van der Waals surface area contributed by atoms with Crippen LogP contribution in [0.5, 0.6) is 0 Å². The minimum absolute atomic E-state index is 0.00948. The summed E-state index contributed by atoms with van der Waals surface area (Å²) in [6, 6.07) is 13.3. The van der Waals surface area contributed by atoms with Crippen molar-refractivity contribution in [3.05, 3.63) is 99.4 Å². The smallest absolute Gasteiger partial charge is 0.416 e. The molecule has 1 aromatic heterocycles. The van der Waals surface area contributed by atoms with Crippen molar-refractivity contribution in [2.75, 3.05) is 45.7 Å². The number of likely N-dealkylation sites (N-methyl/N-ethyl adjacent to an activating group) is 1. The van der Waals surface area contributed by atoms with Crippen LogP contribution in [-0.2, 0) is 41.6 Å². The summed E-state index contributed by atoms with van der Waals surface area (Å²) < 4.78 is 46.7. The van der Waals surface area contributed by atoms with Gasteiger partial charge in [-0.1, -0.05) is 36.4 Å². The number of hydrogen-bond donors (Lipinski definition) is 1. The maximum Gasteiger partial charge on any atom is 0.416 e. The Morgan fingerprint density at radius 2 is 1.79 bits per heavy atom. The van der Waals surface area contributed by atoms with Crippen LogP contribution in [0.1, 0.15) is 43.9 Å². The molecule has 42 heavy (non-hydrogen) atoms. The number of esters is 1. The van der Waals surface area contributed by atoms with E-state index in [1.54, 1.807) is 18.3 Å². The average molecular weight is 579 g/mol. The Balaban J connectivity index is 1.24. The number of fused-ring (bicyclic) bond motifs is 1. The van der Waals surface area contributed by atoms with E-state index in [0.717, 1.165) is 41.7 Å². The first-order chi connectivity index (χ1) is 20.1. The molecule has 0 radical (unpaired) electrons. The predicted molar refractivity (Wildman–Crippen MR) is 154 cm³/mol. The second kappa shape index (κ2) is 12.5. The van der Waals surface area contributed by atoms with Crippen LogP contribution in [0.15, 0.2) is 60.3 Å². The lowest BCUT2D eigenvalue weighted by atomic mass is 9.97. The number of halogens is 3. The van der Waals surface area contributed by atoms with Gasteiger partial charge in [0.05, 0.1) is 30.3 Å². The molecule has 2 aromatic carbocycles. The number of methoxy groups -OCH3 is 1. The molecule has 0 bridgehead atoms. The van der Waals surface area contributed by atoms with Crippen molar-refractivity contribution >= 4 is 23.5 Å². The monoisotopic (exact) mass is 578 g/mol. The number of nitrogens with one attached hydrogen (secondary N) is 1. The summed E-state index contributed by atoms with van der Waals surface area (Å²) in [5.41, 5.74) is 4.11. The van der Waals surface area contributed by atoms with Crippen molar-refractivity contribution in [1.29, 1.82) is 0 Å². The molecular weight excluding hydrogens is 545 g/mol. The number of alkyl halides is 3. The number of benzene rings is 2. The van der Waals surface area contributed by atoms with Gasteiger partial charge in [-0.3, -0.25) is 14.7 Å². The molecule has 1 aliphatic carbocycles. The largest absolute Gasteiger partial charge is 0.466 e. The Labute approximate surface area is 243 Å². The summed E-state index contributed by atoms with van der Waals surface area (Å²) in [6.45, 7) is 3.69. The topological polar surface area (TPSA) is 74.8 Å². The van der Waals surface area contributed by atoms with Gasteiger partial charge in [-0.25, -0.2) is 4.79 Å². The molecule has 3 aromatic rings. The zero-order chi connectivity index (χ0) is 29.9. The fourth-order valence-electron chi connectivity index (χ4n) is 5.30. The number of Topliss-reactive ketones (excluding diaryl/α,β-unsaturated/α-hetero) is 1. The number of pyridine rings is 1. The highest BCUT2D eigenvalue weighted by Gasteiger charge is 2.34. The molecular formula is C32H33F3N4O3. The quantitative estimate of drug-likeness (QED) is 0.283. The SMILES string of the molecule is COC(=O)C1=Cc2cc(NCc3cccc(CC(=O)c4ccc(CN5CCN(C)CC5)c(C(F)(F)F)c4)c3)cnc2C1. The standard InChI is InChI=1S/C32H33F3N4O3/c1-38-8-10-39(11-9-38)20-24-7-6-23(16-28(24)32(33,34)35)30(40)13-21-4-3-5-22(12-21)18-36-27-15-25-14-26(31(41)42-2)17-29(25)37-19-27/h3-7,12,14-16,19,36H,8-11,13,17-18,20H2,1-2H3. The normalized spacial score (nSPS) is 15.7. The lowest BCUT2D eigenvalue weighted by Crippen LogP contribution is -2.44. The third kappa shape index (κ3) is 7.06. The van der Waals surface area contributed by atoms with Crippen molar-refractivity contribution in [2.45, 2.75) is 32.1 Å². The Morgan fingerprint density at radius 1 is 1.02 bits per heavy atom. The van der Waals surface area contributed by atoms with Gasteiger partial charge in [-0.15, -0.1) is 0 Å². The molecule has 0 saturated carbocycles. The van der Waals surface area contributed by atoms with Gasteiger partial charge in [-0.05, 0) is 47.5 Å². The van der Waals surface area contributed by atoms with Gasteiger partial charge >= 0.3 is 12.1 Å². The maximum absolute atomic E-state index is 14.0. The van der Waals surface area contributed by atoms with Crippen LogP contribution in [0.25, 0.3) is 6.08 Å². The van der Waals surface area contributed by atoms with E-state index in [1.807, 2.05) is 36.2 Å². The number of hydrogen-bond acceptors (Lipinski definition) is 7. The lowest BCUT2D eigenvalue weighted by Gasteiger charge is -2.33. The molecule has 0 unspecified atom stereocenters. The van der Waals surface area contributed by atoms with E-state index in [0.29, 0.717) is 37.2 Å². The molecule has 7 nitrogen and oxygen atoms in total. The van der Waals surface area contributed by atoms with E-state index in [9.17, 15) is 22.8 Å². The van der Waals surface area contributed by atoms with Gasteiger partial charge in [0.25, 0.3) is 0 Å². The number of carbonyl (C=O) groups excluding carboxylic acids is 2. The van der Waals surface area contributed by atoms with E-state index in [-0.39, 0.29) is 35.8 Å². The summed E-state index contributed by atoms with van der Waals surface area (Å²) in [4.78, 5) is 33.5. The van der Waals surface area contributed by atoms with Crippen molar-refractivity contribution in [3.63, 3.8) is 0 Å². The molecule has 1 saturated heterocycles. The zero-order valence-electron chi connectivity index (χ0n) is 23.6. The van der Waals surface area contributed by atoms with E-state index >= 15 is 0 Å². The van der Waals surface area contributed by atoms with Crippen LogP contribution in [-0.4, -0.2) is 66.9 Å². The molecule has 220 valence electrons. The summed E-state index contributed by atoms with van der Waals surface area (Å²) in [5, 5.41) is 3.30. The third-order valence-electron chi connectivity index (χ3n) is 7.72. The van der Waals surface area contributed by atoms with E-state index in [2.05, 4.69) is 15.2 Å². The first kappa shape index (κ1) is 29.5.